The maximum Gasteiger partial charge on any atom is 0.434 e. The summed E-state index contributed by atoms with van der Waals surface area (Å²) in [4.78, 5) is 41.1. The molecule has 0 aromatic carbocycles. The van der Waals surface area contributed by atoms with E-state index in [9.17, 15) is 19.7 Å². The van der Waals surface area contributed by atoms with Crippen LogP contribution in [0.25, 0.3) is 0 Å². The predicted octanol–water partition coefficient (Wildman–Crippen LogP) is 2.33. The Hall–Kier alpha value is -2.65. The highest BCUT2D eigenvalue weighted by atomic mass is 16.6. The second kappa shape index (κ2) is 9.03. The second-order valence-electron chi connectivity index (χ2n) is 8.17. The van der Waals surface area contributed by atoms with Crippen LogP contribution in [-0.4, -0.2) is 56.1 Å². The number of imidazole rings is 1. The molecule has 1 aromatic heterocycles. The van der Waals surface area contributed by atoms with Crippen LogP contribution >= 0.6 is 0 Å². The van der Waals surface area contributed by atoms with E-state index in [2.05, 4.69) is 17.2 Å². The molecule has 0 bridgehead atoms. The number of nitrogens with one attached hydrogen (secondary N) is 1. The van der Waals surface area contributed by atoms with Gasteiger partial charge in [-0.15, -0.1) is 0 Å². The normalized spacial score (nSPS) is 16.5. The van der Waals surface area contributed by atoms with Gasteiger partial charge in [0.15, 0.2) is 0 Å². The Labute approximate surface area is 164 Å². The van der Waals surface area contributed by atoms with Crippen LogP contribution in [0.3, 0.4) is 0 Å². The van der Waals surface area contributed by atoms with E-state index >= 15 is 0 Å². The molecule has 1 atom stereocenters. The Morgan fingerprint density at radius 2 is 2.04 bits per heavy atom. The number of aryl methyl sites for hydroxylation is 1. The molecule has 1 saturated heterocycles. The van der Waals surface area contributed by atoms with Crippen LogP contribution in [0.15, 0.2) is 12.4 Å². The molecule has 1 aliphatic heterocycles. The number of rotatable bonds is 6. The molecule has 28 heavy (non-hydrogen) atoms. The molecule has 2 heterocycles. The van der Waals surface area contributed by atoms with Gasteiger partial charge in [0.2, 0.25) is 5.91 Å². The molecule has 1 unspecified atom stereocenters. The van der Waals surface area contributed by atoms with Gasteiger partial charge < -0.3 is 25.1 Å². The fraction of sp³-hybridized carbons (Fsp3) is 0.722. The zero-order valence-corrected chi connectivity index (χ0v) is 16.9. The maximum absolute atomic E-state index is 13.0. The summed E-state index contributed by atoms with van der Waals surface area (Å²) in [5, 5.41) is 13.7. The zero-order chi connectivity index (χ0) is 20.9. The SMILES string of the molecule is CC1CCN(C(=O)C(CCn2ccnc2[N+](=O)[O-])NC(=O)OC(C)(C)C)CC1. The van der Waals surface area contributed by atoms with Crippen molar-refractivity contribution in [3.05, 3.63) is 22.5 Å². The Bertz CT molecular complexity index is 703. The van der Waals surface area contributed by atoms with E-state index in [1.54, 1.807) is 25.7 Å². The lowest BCUT2D eigenvalue weighted by Crippen LogP contribution is -2.51. The Kier molecular flexibility index (Phi) is 6.98. The monoisotopic (exact) mass is 395 g/mol. The van der Waals surface area contributed by atoms with Gasteiger partial charge in [-0.3, -0.25) is 4.79 Å². The van der Waals surface area contributed by atoms with Crippen molar-refractivity contribution in [1.82, 2.24) is 19.8 Å². The summed E-state index contributed by atoms with van der Waals surface area (Å²) >= 11 is 0. The molecule has 1 fully saturated rings. The molecule has 0 spiro atoms. The summed E-state index contributed by atoms with van der Waals surface area (Å²) in [6.45, 7) is 8.82. The van der Waals surface area contributed by atoms with Crippen LogP contribution in [0.5, 0.6) is 0 Å². The fourth-order valence-electron chi connectivity index (χ4n) is 3.07. The first-order valence-electron chi connectivity index (χ1n) is 9.50. The van der Waals surface area contributed by atoms with Gasteiger partial charge in [0, 0.05) is 19.5 Å². The first-order valence-corrected chi connectivity index (χ1v) is 9.50. The van der Waals surface area contributed by atoms with Gasteiger partial charge in [0.05, 0.1) is 6.54 Å². The van der Waals surface area contributed by atoms with E-state index in [-0.39, 0.29) is 24.8 Å². The quantitative estimate of drug-likeness (QED) is 0.583. The summed E-state index contributed by atoms with van der Waals surface area (Å²) in [6.07, 6.45) is 4.16. The lowest BCUT2D eigenvalue weighted by Gasteiger charge is -2.33. The van der Waals surface area contributed by atoms with Crippen molar-refractivity contribution in [2.45, 2.75) is 65.1 Å². The molecule has 0 saturated carbocycles. The first kappa shape index (κ1) is 21.6. The van der Waals surface area contributed by atoms with Crippen molar-refractivity contribution in [3.8, 4) is 0 Å². The molecule has 0 radical (unpaired) electrons. The number of nitrogens with zero attached hydrogens (tertiary/aromatic N) is 4. The smallest absolute Gasteiger partial charge is 0.434 e. The van der Waals surface area contributed by atoms with Gasteiger partial charge in [-0.2, -0.15) is 0 Å². The number of carbonyl (C=O) groups is 2. The standard InChI is InChI=1S/C18H29N5O5/c1-13-5-9-21(10-6-13)15(24)14(20-17(25)28-18(2,3)4)7-11-22-12-8-19-16(22)23(26)27/h8,12-14H,5-7,9-11H2,1-4H3,(H,20,25). The van der Waals surface area contributed by atoms with Gasteiger partial charge in [-0.05, 0) is 44.5 Å². The van der Waals surface area contributed by atoms with Crippen LogP contribution in [0.2, 0.25) is 0 Å². The molecule has 156 valence electrons. The number of aromatic nitrogens is 2. The van der Waals surface area contributed by atoms with Crippen LogP contribution < -0.4 is 5.32 Å². The van der Waals surface area contributed by atoms with Crippen molar-refractivity contribution in [2.24, 2.45) is 5.92 Å². The highest BCUT2D eigenvalue weighted by Crippen LogP contribution is 2.18. The van der Waals surface area contributed by atoms with E-state index in [0.29, 0.717) is 19.0 Å². The average molecular weight is 395 g/mol. The van der Waals surface area contributed by atoms with Crippen molar-refractivity contribution >= 4 is 17.9 Å². The van der Waals surface area contributed by atoms with E-state index < -0.39 is 22.7 Å². The molecule has 10 nitrogen and oxygen atoms in total. The van der Waals surface area contributed by atoms with E-state index in [4.69, 9.17) is 4.74 Å². The third-order valence-corrected chi connectivity index (χ3v) is 4.60. The number of ether oxygens (including phenoxy) is 1. The summed E-state index contributed by atoms with van der Waals surface area (Å²) < 4.78 is 6.63. The number of likely N-dealkylation sites (tertiary alicyclic amines) is 1. The average Bonchev–Trinajstić information content (AvgIpc) is 3.06. The molecular formula is C18H29N5O5. The van der Waals surface area contributed by atoms with Gasteiger partial charge in [-0.1, -0.05) is 11.9 Å². The number of carbonyl (C=O) groups excluding carboxylic acids is 2. The second-order valence-corrected chi connectivity index (χ2v) is 8.17. The third-order valence-electron chi connectivity index (χ3n) is 4.60. The van der Waals surface area contributed by atoms with Gasteiger partial charge in [0.25, 0.3) is 0 Å². The van der Waals surface area contributed by atoms with Crippen LogP contribution in [0, 0.1) is 16.0 Å². The predicted molar refractivity (Wildman–Crippen MR) is 102 cm³/mol. The number of hydrogen-bond donors (Lipinski definition) is 1. The number of amides is 2. The molecule has 0 aliphatic carbocycles. The molecular weight excluding hydrogens is 366 g/mol. The highest BCUT2D eigenvalue weighted by molar-refractivity contribution is 5.85. The minimum atomic E-state index is -0.828. The van der Waals surface area contributed by atoms with Gasteiger partial charge in [-0.25, -0.2) is 9.36 Å². The number of alkyl carbamates (subject to hydrolysis) is 1. The highest BCUT2D eigenvalue weighted by Gasteiger charge is 2.30. The molecule has 2 amide bonds. The first-order chi connectivity index (χ1) is 13.1. The summed E-state index contributed by atoms with van der Waals surface area (Å²) in [7, 11) is 0. The minimum absolute atomic E-state index is 0.173. The largest absolute Gasteiger partial charge is 0.444 e. The lowest BCUT2D eigenvalue weighted by molar-refractivity contribution is -0.396. The fourth-order valence-corrected chi connectivity index (χ4v) is 3.07. The number of nitro groups is 1. The number of hydrogen-bond acceptors (Lipinski definition) is 6. The van der Waals surface area contributed by atoms with Gasteiger partial charge >= 0.3 is 12.0 Å². The van der Waals surface area contributed by atoms with Crippen molar-refractivity contribution in [3.63, 3.8) is 0 Å². The van der Waals surface area contributed by atoms with Crippen LogP contribution in [0.4, 0.5) is 10.7 Å². The van der Waals surface area contributed by atoms with Crippen LogP contribution in [0.1, 0.15) is 47.0 Å². The van der Waals surface area contributed by atoms with Crippen LogP contribution in [-0.2, 0) is 16.1 Å². The summed E-state index contributed by atoms with van der Waals surface area (Å²) in [6, 6.07) is -0.828. The third kappa shape index (κ3) is 6.21. The summed E-state index contributed by atoms with van der Waals surface area (Å²) in [5.74, 6) is 0.0747. The van der Waals surface area contributed by atoms with Gasteiger partial charge in [0.1, 0.15) is 24.0 Å². The number of piperidine rings is 1. The minimum Gasteiger partial charge on any atom is -0.444 e. The molecule has 2 rings (SSSR count). The topological polar surface area (TPSA) is 120 Å². The van der Waals surface area contributed by atoms with E-state index in [1.165, 1.54) is 17.0 Å². The van der Waals surface area contributed by atoms with Crippen molar-refractivity contribution in [2.75, 3.05) is 13.1 Å². The van der Waals surface area contributed by atoms with E-state index in [1.807, 2.05) is 0 Å². The van der Waals surface area contributed by atoms with Crippen molar-refractivity contribution < 1.29 is 19.2 Å². The molecule has 1 N–H and O–H groups in total. The Balaban J connectivity index is 2.08. The molecule has 1 aliphatic rings. The van der Waals surface area contributed by atoms with Crippen molar-refractivity contribution in [1.29, 1.82) is 0 Å². The zero-order valence-electron chi connectivity index (χ0n) is 16.9. The molecule has 10 heteroatoms. The lowest BCUT2D eigenvalue weighted by atomic mass is 9.98. The Morgan fingerprint density at radius 3 is 2.61 bits per heavy atom. The Morgan fingerprint density at radius 1 is 1.39 bits per heavy atom. The maximum atomic E-state index is 13.0. The molecule has 1 aromatic rings. The summed E-state index contributed by atoms with van der Waals surface area (Å²) in [5.41, 5.74) is -0.693. The van der Waals surface area contributed by atoms with E-state index in [0.717, 1.165) is 12.8 Å².